The van der Waals surface area contributed by atoms with Crippen molar-refractivity contribution < 1.29 is 27.9 Å². The molecule has 2 aliphatic rings. The first-order chi connectivity index (χ1) is 9.21. The van der Waals surface area contributed by atoms with E-state index in [-0.39, 0.29) is 25.4 Å². The molecule has 2 N–H and O–H groups in total. The summed E-state index contributed by atoms with van der Waals surface area (Å²) in [5.74, 6) is -2.69. The van der Waals surface area contributed by atoms with Crippen LogP contribution >= 0.6 is 0 Å². The van der Waals surface area contributed by atoms with Crippen molar-refractivity contribution in [1.82, 2.24) is 10.2 Å². The molecule has 0 aromatic carbocycles. The Bertz CT molecular complexity index is 419. The average molecular weight is 294 g/mol. The van der Waals surface area contributed by atoms with Crippen LogP contribution in [0.4, 0.5) is 13.2 Å². The fourth-order valence-electron chi connectivity index (χ4n) is 3.06. The number of likely N-dealkylation sites (tertiary alicyclic amines) is 1. The second-order valence-electron chi connectivity index (χ2n) is 5.55. The van der Waals surface area contributed by atoms with Gasteiger partial charge in [-0.25, -0.2) is 4.79 Å². The molecule has 3 unspecified atom stereocenters. The molecular formula is C12H17F3N2O3. The van der Waals surface area contributed by atoms with Crippen molar-refractivity contribution in [2.24, 2.45) is 11.3 Å². The van der Waals surface area contributed by atoms with E-state index >= 15 is 0 Å². The van der Waals surface area contributed by atoms with Crippen LogP contribution in [0.5, 0.6) is 0 Å². The molecule has 0 bridgehead atoms. The zero-order chi connectivity index (χ0) is 15.1. The summed E-state index contributed by atoms with van der Waals surface area (Å²) in [5, 5.41) is 11.7. The molecule has 1 amide bonds. The quantitative estimate of drug-likeness (QED) is 0.792. The molecule has 2 heterocycles. The molecule has 2 fully saturated rings. The molecule has 0 radical (unpaired) electrons. The molecule has 20 heavy (non-hydrogen) atoms. The van der Waals surface area contributed by atoms with Gasteiger partial charge in [-0.05, 0) is 25.3 Å². The highest BCUT2D eigenvalue weighted by molar-refractivity contribution is 5.89. The van der Waals surface area contributed by atoms with Gasteiger partial charge in [0.05, 0.1) is 0 Å². The number of nitrogens with zero attached hydrogens (tertiary/aromatic N) is 1. The predicted octanol–water partition coefficient (Wildman–Crippen LogP) is 0.850. The number of hydrogen-bond donors (Lipinski definition) is 2. The van der Waals surface area contributed by atoms with Crippen molar-refractivity contribution in [2.75, 3.05) is 19.6 Å². The van der Waals surface area contributed by atoms with Crippen LogP contribution in [0.25, 0.3) is 0 Å². The number of carbonyl (C=O) groups excluding carboxylic acids is 1. The Morgan fingerprint density at radius 3 is 2.50 bits per heavy atom. The van der Waals surface area contributed by atoms with E-state index in [0.29, 0.717) is 6.42 Å². The normalized spacial score (nSPS) is 34.5. The van der Waals surface area contributed by atoms with E-state index in [1.807, 2.05) is 0 Å². The van der Waals surface area contributed by atoms with Crippen molar-refractivity contribution in [1.29, 1.82) is 0 Å². The number of aliphatic carboxylic acids is 1. The van der Waals surface area contributed by atoms with Gasteiger partial charge in [-0.15, -0.1) is 0 Å². The maximum atomic E-state index is 13.3. The van der Waals surface area contributed by atoms with Crippen molar-refractivity contribution in [3.8, 4) is 0 Å². The summed E-state index contributed by atoms with van der Waals surface area (Å²) >= 11 is 0. The second kappa shape index (κ2) is 4.91. The molecule has 3 atom stereocenters. The zero-order valence-electron chi connectivity index (χ0n) is 11.0. The number of nitrogens with one attached hydrogen (secondary N) is 1. The van der Waals surface area contributed by atoms with Crippen molar-refractivity contribution in [3.63, 3.8) is 0 Å². The third kappa shape index (κ3) is 2.15. The van der Waals surface area contributed by atoms with Crippen molar-refractivity contribution in [2.45, 2.75) is 32.0 Å². The maximum absolute atomic E-state index is 13.3. The monoisotopic (exact) mass is 294 g/mol. The Hall–Kier alpha value is -1.31. The minimum Gasteiger partial charge on any atom is -0.480 e. The third-order valence-corrected chi connectivity index (χ3v) is 4.32. The summed E-state index contributed by atoms with van der Waals surface area (Å²) in [5.41, 5.74) is -2.48. The van der Waals surface area contributed by atoms with Crippen LogP contribution in [0, 0.1) is 11.3 Å². The lowest BCUT2D eigenvalue weighted by atomic mass is 9.84. The Morgan fingerprint density at radius 2 is 2.05 bits per heavy atom. The molecule has 5 nitrogen and oxygen atoms in total. The van der Waals surface area contributed by atoms with E-state index in [9.17, 15) is 22.8 Å². The van der Waals surface area contributed by atoms with Crippen molar-refractivity contribution in [3.05, 3.63) is 0 Å². The molecule has 8 heteroatoms. The van der Waals surface area contributed by atoms with E-state index in [0.717, 1.165) is 4.90 Å². The topological polar surface area (TPSA) is 69.6 Å². The van der Waals surface area contributed by atoms with Crippen LogP contribution in [-0.2, 0) is 9.59 Å². The first kappa shape index (κ1) is 15.1. The van der Waals surface area contributed by atoms with E-state index in [1.165, 1.54) is 0 Å². The number of carbonyl (C=O) groups is 2. The van der Waals surface area contributed by atoms with Crippen LogP contribution in [-0.4, -0.2) is 53.7 Å². The number of alkyl halides is 3. The Labute approximate surface area is 114 Å². The van der Waals surface area contributed by atoms with Gasteiger partial charge in [0.2, 0.25) is 5.91 Å². The number of hydrogen-bond acceptors (Lipinski definition) is 3. The van der Waals surface area contributed by atoms with Crippen LogP contribution in [0.1, 0.15) is 19.8 Å². The van der Waals surface area contributed by atoms with Crippen LogP contribution < -0.4 is 5.32 Å². The number of amides is 1. The highest BCUT2D eigenvalue weighted by atomic mass is 19.4. The van der Waals surface area contributed by atoms with Crippen LogP contribution in [0.2, 0.25) is 0 Å². The van der Waals surface area contributed by atoms with Crippen LogP contribution in [0.3, 0.4) is 0 Å². The summed E-state index contributed by atoms with van der Waals surface area (Å²) in [6.07, 6.45) is -4.61. The molecule has 2 rings (SSSR count). The first-order valence-electron chi connectivity index (χ1n) is 6.52. The molecule has 0 aromatic heterocycles. The highest BCUT2D eigenvalue weighted by Crippen LogP contribution is 2.45. The molecule has 114 valence electrons. The van der Waals surface area contributed by atoms with E-state index in [2.05, 4.69) is 5.32 Å². The Balaban J connectivity index is 2.32. The Kier molecular flexibility index (Phi) is 3.70. The molecule has 2 aliphatic heterocycles. The number of carboxylic acid groups (broad SMARTS) is 1. The third-order valence-electron chi connectivity index (χ3n) is 4.32. The van der Waals surface area contributed by atoms with Crippen molar-refractivity contribution >= 4 is 11.9 Å². The van der Waals surface area contributed by atoms with E-state index < -0.39 is 36.1 Å². The number of rotatable bonds is 2. The zero-order valence-corrected chi connectivity index (χ0v) is 11.0. The lowest BCUT2D eigenvalue weighted by molar-refractivity contribution is -0.222. The molecule has 0 aliphatic carbocycles. The largest absolute Gasteiger partial charge is 0.480 e. The van der Waals surface area contributed by atoms with Gasteiger partial charge < -0.3 is 15.3 Å². The molecular weight excluding hydrogens is 277 g/mol. The fourth-order valence-corrected chi connectivity index (χ4v) is 3.06. The van der Waals surface area contributed by atoms with Gasteiger partial charge >= 0.3 is 12.1 Å². The van der Waals surface area contributed by atoms with E-state index in [4.69, 9.17) is 5.11 Å². The minimum atomic E-state index is -4.68. The molecule has 0 spiro atoms. The second-order valence-corrected chi connectivity index (χ2v) is 5.55. The van der Waals surface area contributed by atoms with Gasteiger partial charge in [-0.1, -0.05) is 6.92 Å². The van der Waals surface area contributed by atoms with Gasteiger partial charge in [-0.2, -0.15) is 13.2 Å². The standard InChI is InChI=1S/C12H17F3N2O3/c1-7-2-5-17(8(7)9(18)19)10(20)11(12(13,14)15)3-4-16-6-11/h7-8,16H,2-6H2,1H3,(H,18,19). The summed E-state index contributed by atoms with van der Waals surface area (Å²) in [6, 6.07) is -1.16. The van der Waals surface area contributed by atoms with Gasteiger partial charge in [0, 0.05) is 13.1 Å². The van der Waals surface area contributed by atoms with Gasteiger partial charge in [0.1, 0.15) is 6.04 Å². The van der Waals surface area contributed by atoms with Crippen LogP contribution in [0.15, 0.2) is 0 Å². The SMILES string of the molecule is CC1CCN(C(=O)C2(C(F)(F)F)CCNC2)C1C(=O)O. The first-order valence-corrected chi connectivity index (χ1v) is 6.52. The summed E-state index contributed by atoms with van der Waals surface area (Å²) in [7, 11) is 0. The summed E-state index contributed by atoms with van der Waals surface area (Å²) in [6.45, 7) is 1.33. The lowest BCUT2D eigenvalue weighted by Gasteiger charge is -2.35. The maximum Gasteiger partial charge on any atom is 0.404 e. The smallest absolute Gasteiger partial charge is 0.404 e. The Morgan fingerprint density at radius 1 is 1.40 bits per heavy atom. The fraction of sp³-hybridized carbons (Fsp3) is 0.833. The highest BCUT2D eigenvalue weighted by Gasteiger charge is 2.63. The number of halogens is 3. The van der Waals surface area contributed by atoms with Gasteiger partial charge in [0.25, 0.3) is 0 Å². The van der Waals surface area contributed by atoms with E-state index in [1.54, 1.807) is 6.92 Å². The molecule has 2 saturated heterocycles. The number of carboxylic acids is 1. The average Bonchev–Trinajstić information content (AvgIpc) is 2.93. The predicted molar refractivity (Wildman–Crippen MR) is 62.9 cm³/mol. The van der Waals surface area contributed by atoms with Gasteiger partial charge in [-0.3, -0.25) is 4.79 Å². The summed E-state index contributed by atoms with van der Waals surface area (Å²) in [4.78, 5) is 24.5. The molecule has 0 saturated carbocycles. The lowest BCUT2D eigenvalue weighted by Crippen LogP contribution is -2.56. The molecule has 0 aromatic rings. The minimum absolute atomic E-state index is 0.0643. The van der Waals surface area contributed by atoms with Gasteiger partial charge in [0.15, 0.2) is 5.41 Å². The summed E-state index contributed by atoms with van der Waals surface area (Å²) < 4.78 is 39.9.